The molecule has 0 bridgehead atoms. The number of fused-ring (bicyclic) bond motifs is 1. The summed E-state index contributed by atoms with van der Waals surface area (Å²) in [5.41, 5.74) is 1.57. The number of rotatable bonds is 4. The van der Waals surface area contributed by atoms with Gasteiger partial charge in [-0.2, -0.15) is 0 Å². The molecule has 3 amide bonds. The van der Waals surface area contributed by atoms with Gasteiger partial charge in [0.1, 0.15) is 0 Å². The second kappa shape index (κ2) is 8.79. The second-order valence-corrected chi connectivity index (χ2v) is 9.69. The molecule has 2 saturated heterocycles. The molecule has 3 heterocycles. The Kier molecular flexibility index (Phi) is 5.86. The van der Waals surface area contributed by atoms with Crippen LogP contribution in [0.15, 0.2) is 30.5 Å². The molecule has 1 aliphatic carbocycles. The normalized spacial score (nSPS) is 22.8. The zero-order valence-corrected chi connectivity index (χ0v) is 18.6. The molecule has 170 valence electrons. The van der Waals surface area contributed by atoms with E-state index in [4.69, 9.17) is 0 Å². The van der Waals surface area contributed by atoms with E-state index in [9.17, 15) is 14.7 Å². The number of hydrogen-bond donors (Lipinski definition) is 2. The molecule has 0 unspecified atom stereocenters. The van der Waals surface area contributed by atoms with Crippen molar-refractivity contribution < 1.29 is 14.7 Å². The van der Waals surface area contributed by atoms with Crippen LogP contribution in [-0.4, -0.2) is 53.1 Å². The van der Waals surface area contributed by atoms with E-state index in [1.807, 2.05) is 24.3 Å². The van der Waals surface area contributed by atoms with Crippen LogP contribution in [0.1, 0.15) is 56.9 Å². The first-order valence-corrected chi connectivity index (χ1v) is 12.0. The number of aliphatic hydroxyl groups is 1. The molecule has 7 nitrogen and oxygen atoms in total. The molecule has 1 aromatic carbocycles. The number of nitrogens with zero attached hydrogens (tertiary/aromatic N) is 3. The van der Waals surface area contributed by atoms with Crippen LogP contribution in [0.3, 0.4) is 0 Å². The van der Waals surface area contributed by atoms with Crippen molar-refractivity contribution >= 4 is 28.5 Å². The van der Waals surface area contributed by atoms with Gasteiger partial charge >= 0.3 is 6.03 Å². The third-order valence-electron chi connectivity index (χ3n) is 7.49. The minimum absolute atomic E-state index is 0.251. The Morgan fingerprint density at radius 3 is 2.59 bits per heavy atom. The number of piperidine rings is 1. The van der Waals surface area contributed by atoms with Gasteiger partial charge in [-0.25, -0.2) is 4.79 Å². The van der Waals surface area contributed by atoms with Crippen LogP contribution in [0.25, 0.3) is 10.9 Å². The third kappa shape index (κ3) is 4.36. The first-order valence-electron chi connectivity index (χ1n) is 12.0. The van der Waals surface area contributed by atoms with E-state index in [0.29, 0.717) is 12.2 Å². The van der Waals surface area contributed by atoms with Gasteiger partial charge < -0.3 is 10.0 Å². The van der Waals surface area contributed by atoms with E-state index >= 15 is 0 Å². The van der Waals surface area contributed by atoms with Gasteiger partial charge in [0.15, 0.2) is 0 Å². The van der Waals surface area contributed by atoms with Crippen molar-refractivity contribution in [1.29, 1.82) is 0 Å². The van der Waals surface area contributed by atoms with Crippen molar-refractivity contribution in [2.24, 2.45) is 5.92 Å². The van der Waals surface area contributed by atoms with Crippen molar-refractivity contribution in [2.75, 3.05) is 31.1 Å². The molecule has 1 aromatic heterocycles. The standard InChI is InChI=1S/C25H32N4O3/c30-23-8-11-29(24(31)27-23)21-15-19-14-20(6-7-22(19)26-16-21)25(32)9-12-28(13-10-25)17-18-4-2-1-3-5-18/h6-7,14-16,18,32H,1-5,8-13,17H2,(H,27,30,31). The summed E-state index contributed by atoms with van der Waals surface area (Å²) in [6.07, 6.45) is 10.2. The van der Waals surface area contributed by atoms with Gasteiger partial charge in [0, 0.05) is 38.0 Å². The lowest BCUT2D eigenvalue weighted by Gasteiger charge is -2.40. The van der Waals surface area contributed by atoms with Crippen molar-refractivity contribution in [3.63, 3.8) is 0 Å². The molecule has 5 rings (SSSR count). The number of benzene rings is 1. The van der Waals surface area contributed by atoms with Crippen LogP contribution in [-0.2, 0) is 10.4 Å². The number of anilines is 1. The molecule has 3 fully saturated rings. The summed E-state index contributed by atoms with van der Waals surface area (Å²) in [5.74, 6) is 0.571. The number of aromatic nitrogens is 1. The predicted molar refractivity (Wildman–Crippen MR) is 123 cm³/mol. The van der Waals surface area contributed by atoms with Crippen molar-refractivity contribution in [1.82, 2.24) is 15.2 Å². The smallest absolute Gasteiger partial charge is 0.328 e. The Morgan fingerprint density at radius 1 is 1.06 bits per heavy atom. The number of carbonyl (C=O) groups is 2. The molecule has 3 aliphatic rings. The minimum atomic E-state index is -0.831. The molecular formula is C25H32N4O3. The number of pyridine rings is 1. The zero-order valence-electron chi connectivity index (χ0n) is 18.6. The molecule has 0 radical (unpaired) electrons. The molecule has 2 aromatic rings. The lowest BCUT2D eigenvalue weighted by Crippen LogP contribution is -2.49. The van der Waals surface area contributed by atoms with E-state index in [0.717, 1.165) is 48.3 Å². The first-order chi connectivity index (χ1) is 15.5. The fraction of sp³-hybridized carbons (Fsp3) is 0.560. The Bertz CT molecular complexity index is 1010. The van der Waals surface area contributed by atoms with Gasteiger partial charge in [-0.3, -0.25) is 20.0 Å². The third-order valence-corrected chi connectivity index (χ3v) is 7.49. The number of amides is 3. The number of urea groups is 1. The van der Waals surface area contributed by atoms with Crippen molar-refractivity contribution in [3.05, 3.63) is 36.0 Å². The highest BCUT2D eigenvalue weighted by molar-refractivity contribution is 6.06. The summed E-state index contributed by atoms with van der Waals surface area (Å²) < 4.78 is 0. The van der Waals surface area contributed by atoms with Gasteiger partial charge in [-0.15, -0.1) is 0 Å². The molecule has 2 N–H and O–H groups in total. The van der Waals surface area contributed by atoms with Crippen LogP contribution in [0.4, 0.5) is 10.5 Å². The number of likely N-dealkylation sites (tertiary alicyclic amines) is 1. The summed E-state index contributed by atoms with van der Waals surface area (Å²) in [4.78, 5) is 32.2. The number of carbonyl (C=O) groups excluding carboxylic acids is 2. The summed E-state index contributed by atoms with van der Waals surface area (Å²) >= 11 is 0. The fourth-order valence-electron chi connectivity index (χ4n) is 5.50. The van der Waals surface area contributed by atoms with Gasteiger partial charge in [0.25, 0.3) is 0 Å². The SMILES string of the molecule is O=C1CCN(c2cnc3ccc(C4(O)CCN(CC5CCCCC5)CC4)cc3c2)C(=O)N1. The summed E-state index contributed by atoms with van der Waals surface area (Å²) in [7, 11) is 0. The van der Waals surface area contributed by atoms with Crippen LogP contribution in [0.2, 0.25) is 0 Å². The van der Waals surface area contributed by atoms with E-state index in [1.165, 1.54) is 38.6 Å². The highest BCUT2D eigenvalue weighted by atomic mass is 16.3. The van der Waals surface area contributed by atoms with Crippen LogP contribution in [0.5, 0.6) is 0 Å². The summed E-state index contributed by atoms with van der Waals surface area (Å²) in [5, 5.41) is 14.7. The maximum absolute atomic E-state index is 12.2. The van der Waals surface area contributed by atoms with Crippen molar-refractivity contribution in [3.8, 4) is 0 Å². The molecule has 32 heavy (non-hydrogen) atoms. The maximum atomic E-state index is 12.2. The number of nitrogens with one attached hydrogen (secondary N) is 1. The van der Waals surface area contributed by atoms with E-state index in [1.54, 1.807) is 11.1 Å². The number of hydrogen-bond acceptors (Lipinski definition) is 5. The monoisotopic (exact) mass is 436 g/mol. The van der Waals surface area contributed by atoms with Gasteiger partial charge in [-0.1, -0.05) is 25.3 Å². The lowest BCUT2D eigenvalue weighted by atomic mass is 9.83. The largest absolute Gasteiger partial charge is 0.385 e. The lowest BCUT2D eigenvalue weighted by molar-refractivity contribution is -0.120. The highest BCUT2D eigenvalue weighted by Crippen LogP contribution is 2.36. The predicted octanol–water partition coefficient (Wildman–Crippen LogP) is 3.54. The van der Waals surface area contributed by atoms with E-state index in [2.05, 4.69) is 15.2 Å². The van der Waals surface area contributed by atoms with E-state index in [-0.39, 0.29) is 12.3 Å². The molecule has 0 spiro atoms. The molecular weight excluding hydrogens is 404 g/mol. The molecule has 7 heteroatoms. The second-order valence-electron chi connectivity index (χ2n) is 9.69. The topological polar surface area (TPSA) is 85.8 Å². The Labute approximate surface area is 188 Å². The van der Waals surface area contributed by atoms with Crippen LogP contribution in [0, 0.1) is 5.92 Å². The van der Waals surface area contributed by atoms with Gasteiger partial charge in [0.05, 0.1) is 23.0 Å². The Morgan fingerprint density at radius 2 is 1.84 bits per heavy atom. The zero-order chi connectivity index (χ0) is 22.1. The maximum Gasteiger partial charge on any atom is 0.328 e. The Balaban J connectivity index is 1.30. The minimum Gasteiger partial charge on any atom is -0.385 e. The quantitative estimate of drug-likeness (QED) is 0.766. The van der Waals surface area contributed by atoms with Crippen molar-refractivity contribution in [2.45, 2.75) is 57.0 Å². The van der Waals surface area contributed by atoms with E-state index < -0.39 is 11.6 Å². The Hall–Kier alpha value is -2.51. The average Bonchev–Trinajstić information content (AvgIpc) is 2.81. The van der Waals surface area contributed by atoms with Crippen LogP contribution >= 0.6 is 0 Å². The average molecular weight is 437 g/mol. The van der Waals surface area contributed by atoms with Crippen LogP contribution < -0.4 is 10.2 Å². The highest BCUT2D eigenvalue weighted by Gasteiger charge is 2.35. The molecule has 0 atom stereocenters. The first kappa shape index (κ1) is 21.3. The molecule has 2 aliphatic heterocycles. The van der Waals surface area contributed by atoms with Gasteiger partial charge in [-0.05, 0) is 55.4 Å². The molecule has 1 saturated carbocycles. The summed E-state index contributed by atoms with van der Waals surface area (Å²) in [6.45, 7) is 3.36. The van der Waals surface area contributed by atoms with Gasteiger partial charge in [0.2, 0.25) is 5.91 Å². The number of imide groups is 1. The fourth-order valence-corrected chi connectivity index (χ4v) is 5.50. The summed E-state index contributed by atoms with van der Waals surface area (Å²) in [6, 6.07) is 7.44.